The zero-order valence-corrected chi connectivity index (χ0v) is 10.7. The van der Waals surface area contributed by atoms with Crippen LogP contribution >= 0.6 is 0 Å². The fraction of sp³-hybridized carbons (Fsp3) is 0.917. The summed E-state index contributed by atoms with van der Waals surface area (Å²) in [6.07, 6.45) is 2.33. The van der Waals surface area contributed by atoms with Gasteiger partial charge in [0, 0.05) is 5.54 Å². The Labute approximate surface area is 93.6 Å². The fourth-order valence-corrected chi connectivity index (χ4v) is 1.07. The van der Waals surface area contributed by atoms with Crippen molar-refractivity contribution in [3.8, 4) is 0 Å². The van der Waals surface area contributed by atoms with Crippen molar-refractivity contribution >= 4 is 5.97 Å². The van der Waals surface area contributed by atoms with Crippen LogP contribution in [0.2, 0.25) is 0 Å². The van der Waals surface area contributed by atoms with Crippen LogP contribution < -0.4 is 5.32 Å². The van der Waals surface area contributed by atoms with Gasteiger partial charge in [0.15, 0.2) is 0 Å². The molecule has 0 heterocycles. The highest BCUT2D eigenvalue weighted by atomic mass is 16.5. The van der Waals surface area contributed by atoms with E-state index in [0.717, 1.165) is 13.0 Å². The first kappa shape index (κ1) is 14.4. The van der Waals surface area contributed by atoms with Gasteiger partial charge in [-0.05, 0) is 26.8 Å². The van der Waals surface area contributed by atoms with Crippen molar-refractivity contribution in [2.45, 2.75) is 53.0 Å². The summed E-state index contributed by atoms with van der Waals surface area (Å²) in [4.78, 5) is 11.3. The summed E-state index contributed by atoms with van der Waals surface area (Å²) >= 11 is 0. The number of hydrogen-bond acceptors (Lipinski definition) is 3. The Morgan fingerprint density at radius 2 is 2.00 bits per heavy atom. The number of rotatable bonds is 7. The molecular weight excluding hydrogens is 190 g/mol. The van der Waals surface area contributed by atoms with Crippen molar-refractivity contribution in [1.82, 2.24) is 5.32 Å². The molecular formula is C12H25NO2. The SMILES string of the molecule is CCCCNC(C)(C)COC(=O)C(C)C. The highest BCUT2D eigenvalue weighted by Crippen LogP contribution is 2.05. The Hall–Kier alpha value is -0.570. The van der Waals surface area contributed by atoms with E-state index in [1.807, 2.05) is 13.8 Å². The average molecular weight is 215 g/mol. The molecule has 0 unspecified atom stereocenters. The van der Waals surface area contributed by atoms with Crippen molar-refractivity contribution < 1.29 is 9.53 Å². The first-order valence-electron chi connectivity index (χ1n) is 5.80. The Bertz CT molecular complexity index is 188. The predicted molar refractivity (Wildman–Crippen MR) is 62.8 cm³/mol. The van der Waals surface area contributed by atoms with E-state index in [1.54, 1.807) is 0 Å². The summed E-state index contributed by atoms with van der Waals surface area (Å²) < 4.78 is 5.20. The maximum Gasteiger partial charge on any atom is 0.308 e. The highest BCUT2D eigenvalue weighted by molar-refractivity contribution is 5.71. The van der Waals surface area contributed by atoms with E-state index in [2.05, 4.69) is 26.1 Å². The Morgan fingerprint density at radius 1 is 1.40 bits per heavy atom. The van der Waals surface area contributed by atoms with Crippen LogP contribution in [0.5, 0.6) is 0 Å². The van der Waals surface area contributed by atoms with Crippen molar-refractivity contribution in [3.05, 3.63) is 0 Å². The second kappa shape index (κ2) is 6.83. The van der Waals surface area contributed by atoms with Gasteiger partial charge in [-0.25, -0.2) is 0 Å². The number of hydrogen-bond donors (Lipinski definition) is 1. The lowest BCUT2D eigenvalue weighted by atomic mass is 10.1. The lowest BCUT2D eigenvalue weighted by molar-refractivity contribution is -0.149. The molecule has 1 N–H and O–H groups in total. The van der Waals surface area contributed by atoms with E-state index in [1.165, 1.54) is 6.42 Å². The Morgan fingerprint density at radius 3 is 2.47 bits per heavy atom. The first-order chi connectivity index (χ1) is 6.89. The van der Waals surface area contributed by atoms with Gasteiger partial charge in [0.05, 0.1) is 5.92 Å². The molecule has 0 aromatic carbocycles. The number of nitrogens with one attached hydrogen (secondary N) is 1. The zero-order valence-electron chi connectivity index (χ0n) is 10.7. The molecule has 0 aliphatic rings. The molecule has 0 amide bonds. The molecule has 3 heteroatoms. The number of unbranched alkanes of at least 4 members (excludes halogenated alkanes) is 1. The van der Waals surface area contributed by atoms with Crippen LogP contribution in [-0.2, 0) is 9.53 Å². The number of carbonyl (C=O) groups excluding carboxylic acids is 1. The van der Waals surface area contributed by atoms with E-state index in [4.69, 9.17) is 4.74 Å². The van der Waals surface area contributed by atoms with E-state index in [9.17, 15) is 4.79 Å². The second-order valence-corrected chi connectivity index (χ2v) is 4.93. The third kappa shape index (κ3) is 7.37. The van der Waals surface area contributed by atoms with Crippen LogP contribution in [0.25, 0.3) is 0 Å². The monoisotopic (exact) mass is 215 g/mol. The van der Waals surface area contributed by atoms with E-state index in [0.29, 0.717) is 6.61 Å². The molecule has 0 aromatic heterocycles. The van der Waals surface area contributed by atoms with E-state index in [-0.39, 0.29) is 17.4 Å². The molecule has 0 rings (SSSR count). The molecule has 0 atom stereocenters. The van der Waals surface area contributed by atoms with Gasteiger partial charge in [0.1, 0.15) is 6.61 Å². The quantitative estimate of drug-likeness (QED) is 0.523. The van der Waals surface area contributed by atoms with Crippen LogP contribution in [0.15, 0.2) is 0 Å². The predicted octanol–water partition coefficient (Wildman–Crippen LogP) is 2.35. The van der Waals surface area contributed by atoms with Crippen molar-refractivity contribution in [1.29, 1.82) is 0 Å². The normalized spacial score (nSPS) is 11.9. The maximum atomic E-state index is 11.3. The van der Waals surface area contributed by atoms with Gasteiger partial charge in [-0.2, -0.15) is 0 Å². The third-order valence-corrected chi connectivity index (χ3v) is 2.18. The van der Waals surface area contributed by atoms with Gasteiger partial charge in [-0.15, -0.1) is 0 Å². The van der Waals surface area contributed by atoms with E-state index < -0.39 is 0 Å². The third-order valence-electron chi connectivity index (χ3n) is 2.18. The van der Waals surface area contributed by atoms with Gasteiger partial charge < -0.3 is 10.1 Å². The molecule has 0 saturated carbocycles. The minimum absolute atomic E-state index is 0.0450. The van der Waals surface area contributed by atoms with Gasteiger partial charge in [-0.1, -0.05) is 27.2 Å². The van der Waals surface area contributed by atoms with Gasteiger partial charge in [-0.3, -0.25) is 4.79 Å². The summed E-state index contributed by atoms with van der Waals surface area (Å²) in [5.74, 6) is -0.170. The number of carbonyl (C=O) groups is 1. The van der Waals surface area contributed by atoms with Crippen molar-refractivity contribution in [2.75, 3.05) is 13.2 Å². The largest absolute Gasteiger partial charge is 0.464 e. The summed E-state index contributed by atoms with van der Waals surface area (Å²) in [5.41, 5.74) is -0.125. The zero-order chi connectivity index (χ0) is 11.9. The topological polar surface area (TPSA) is 38.3 Å². The molecule has 0 aromatic rings. The second-order valence-electron chi connectivity index (χ2n) is 4.93. The molecule has 15 heavy (non-hydrogen) atoms. The summed E-state index contributed by atoms with van der Waals surface area (Å²) in [6.45, 7) is 11.4. The minimum Gasteiger partial charge on any atom is -0.464 e. The molecule has 0 bridgehead atoms. The average Bonchev–Trinajstić information content (AvgIpc) is 2.14. The Kier molecular flexibility index (Phi) is 6.57. The smallest absolute Gasteiger partial charge is 0.308 e. The van der Waals surface area contributed by atoms with E-state index >= 15 is 0 Å². The fourth-order valence-electron chi connectivity index (χ4n) is 1.07. The molecule has 0 aliphatic heterocycles. The Balaban J connectivity index is 3.77. The van der Waals surface area contributed by atoms with Gasteiger partial charge in [0.2, 0.25) is 0 Å². The van der Waals surface area contributed by atoms with Crippen molar-refractivity contribution in [2.24, 2.45) is 5.92 Å². The lowest BCUT2D eigenvalue weighted by Gasteiger charge is -2.26. The molecule has 90 valence electrons. The summed E-state index contributed by atoms with van der Waals surface area (Å²) in [6, 6.07) is 0. The highest BCUT2D eigenvalue weighted by Gasteiger charge is 2.19. The van der Waals surface area contributed by atoms with Gasteiger partial charge in [0.25, 0.3) is 0 Å². The molecule has 0 fully saturated rings. The van der Waals surface area contributed by atoms with Crippen LogP contribution in [0.3, 0.4) is 0 Å². The summed E-state index contributed by atoms with van der Waals surface area (Å²) in [5, 5.41) is 3.38. The molecule has 0 saturated heterocycles. The maximum absolute atomic E-state index is 11.3. The summed E-state index contributed by atoms with van der Waals surface area (Å²) in [7, 11) is 0. The van der Waals surface area contributed by atoms with Gasteiger partial charge >= 0.3 is 5.97 Å². The van der Waals surface area contributed by atoms with Crippen LogP contribution in [0.4, 0.5) is 0 Å². The van der Waals surface area contributed by atoms with Crippen LogP contribution in [0.1, 0.15) is 47.5 Å². The minimum atomic E-state index is -0.125. The first-order valence-corrected chi connectivity index (χ1v) is 5.80. The van der Waals surface area contributed by atoms with Crippen LogP contribution in [-0.4, -0.2) is 24.7 Å². The molecule has 0 radical (unpaired) electrons. The van der Waals surface area contributed by atoms with Crippen LogP contribution in [0, 0.1) is 5.92 Å². The molecule has 3 nitrogen and oxygen atoms in total. The lowest BCUT2D eigenvalue weighted by Crippen LogP contribution is -2.44. The number of esters is 1. The number of ether oxygens (including phenoxy) is 1. The standard InChI is InChI=1S/C12H25NO2/c1-6-7-8-13-12(4,5)9-15-11(14)10(2)3/h10,13H,6-9H2,1-5H3. The molecule has 0 spiro atoms. The van der Waals surface area contributed by atoms with Crippen molar-refractivity contribution in [3.63, 3.8) is 0 Å². The molecule has 0 aliphatic carbocycles.